The van der Waals surface area contributed by atoms with Crippen molar-refractivity contribution in [2.24, 2.45) is 0 Å². The standard InChI is InChI=1S/C17H16Cl3NO5S/c1-21(2)27(23,24)12-4-5-14(19)13(10-12)17(22)26-8-7-25-16-6-3-11(18)9-15(16)20/h3-6,9-10H,7-8H2,1-2H3. The van der Waals surface area contributed by atoms with Crippen LogP contribution >= 0.6 is 34.8 Å². The normalized spacial score (nSPS) is 11.5. The first-order valence-corrected chi connectivity index (χ1v) is 10.2. The van der Waals surface area contributed by atoms with Gasteiger partial charge in [-0.05, 0) is 36.4 Å². The summed E-state index contributed by atoms with van der Waals surface area (Å²) in [6.45, 7) is -0.0425. The molecule has 2 aromatic rings. The molecular formula is C17H16Cl3NO5S. The summed E-state index contributed by atoms with van der Waals surface area (Å²) < 4.78 is 35.9. The second-order valence-electron chi connectivity index (χ2n) is 5.49. The molecule has 6 nitrogen and oxygen atoms in total. The SMILES string of the molecule is CN(C)S(=O)(=O)c1ccc(Cl)c(C(=O)OCCOc2ccc(Cl)cc2Cl)c1. The van der Waals surface area contributed by atoms with Crippen molar-refractivity contribution in [3.05, 3.63) is 57.0 Å². The number of esters is 1. The van der Waals surface area contributed by atoms with Crippen molar-refractivity contribution in [3.63, 3.8) is 0 Å². The predicted molar refractivity (Wildman–Crippen MR) is 105 cm³/mol. The van der Waals surface area contributed by atoms with E-state index >= 15 is 0 Å². The molecule has 2 rings (SSSR count). The number of nitrogens with zero attached hydrogens (tertiary/aromatic N) is 1. The molecule has 0 spiro atoms. The summed E-state index contributed by atoms with van der Waals surface area (Å²) in [7, 11) is -0.922. The van der Waals surface area contributed by atoms with Gasteiger partial charge in [-0.1, -0.05) is 34.8 Å². The number of sulfonamides is 1. The summed E-state index contributed by atoms with van der Waals surface area (Å²) in [5.41, 5.74) is -0.0517. The lowest BCUT2D eigenvalue weighted by atomic mass is 10.2. The van der Waals surface area contributed by atoms with Crippen LogP contribution in [0.2, 0.25) is 15.1 Å². The van der Waals surface area contributed by atoms with Crippen molar-refractivity contribution in [1.29, 1.82) is 0 Å². The van der Waals surface area contributed by atoms with Crippen molar-refractivity contribution >= 4 is 50.8 Å². The number of carbonyl (C=O) groups is 1. The summed E-state index contributed by atoms with van der Waals surface area (Å²) in [6, 6.07) is 8.57. The zero-order valence-corrected chi connectivity index (χ0v) is 17.5. The molecule has 27 heavy (non-hydrogen) atoms. The van der Waals surface area contributed by atoms with Gasteiger partial charge >= 0.3 is 5.97 Å². The van der Waals surface area contributed by atoms with Crippen LogP contribution in [0.3, 0.4) is 0 Å². The van der Waals surface area contributed by atoms with Crippen LogP contribution in [-0.2, 0) is 14.8 Å². The Bertz CT molecular complexity index is 948. The van der Waals surface area contributed by atoms with E-state index < -0.39 is 16.0 Å². The topological polar surface area (TPSA) is 72.9 Å². The highest BCUT2D eigenvalue weighted by Gasteiger charge is 2.21. The van der Waals surface area contributed by atoms with Gasteiger partial charge < -0.3 is 9.47 Å². The zero-order chi connectivity index (χ0) is 20.2. The third-order valence-corrected chi connectivity index (χ3v) is 6.08. The van der Waals surface area contributed by atoms with Crippen LogP contribution < -0.4 is 4.74 Å². The molecule has 2 aromatic carbocycles. The number of rotatable bonds is 7. The van der Waals surface area contributed by atoms with Crippen LogP contribution in [0.4, 0.5) is 0 Å². The Morgan fingerprint density at radius 3 is 2.33 bits per heavy atom. The second kappa shape index (κ2) is 9.12. The molecule has 0 heterocycles. The second-order valence-corrected chi connectivity index (χ2v) is 8.89. The molecule has 0 aromatic heterocycles. The Morgan fingerprint density at radius 2 is 1.70 bits per heavy atom. The summed E-state index contributed by atoms with van der Waals surface area (Å²) in [4.78, 5) is 12.2. The van der Waals surface area contributed by atoms with Crippen LogP contribution in [0.25, 0.3) is 0 Å². The molecule has 0 aliphatic rings. The average Bonchev–Trinajstić information content (AvgIpc) is 2.60. The van der Waals surface area contributed by atoms with Gasteiger partial charge in [-0.3, -0.25) is 0 Å². The van der Waals surface area contributed by atoms with E-state index in [2.05, 4.69) is 0 Å². The Hall–Kier alpha value is -1.51. The molecule has 0 amide bonds. The van der Waals surface area contributed by atoms with Crippen molar-refractivity contribution in [2.45, 2.75) is 4.90 Å². The minimum absolute atomic E-state index is 0.0421. The maximum Gasteiger partial charge on any atom is 0.339 e. The van der Waals surface area contributed by atoms with E-state index in [9.17, 15) is 13.2 Å². The van der Waals surface area contributed by atoms with E-state index in [1.807, 2.05) is 0 Å². The lowest BCUT2D eigenvalue weighted by Gasteiger charge is -2.13. The number of halogens is 3. The number of benzene rings is 2. The van der Waals surface area contributed by atoms with E-state index in [0.717, 1.165) is 4.31 Å². The van der Waals surface area contributed by atoms with Gasteiger partial charge in [-0.25, -0.2) is 17.5 Å². The highest BCUT2D eigenvalue weighted by Crippen LogP contribution is 2.27. The van der Waals surface area contributed by atoms with Gasteiger partial charge in [-0.2, -0.15) is 0 Å². The van der Waals surface area contributed by atoms with Crippen LogP contribution in [-0.4, -0.2) is 46.0 Å². The Balaban J connectivity index is 2.01. The van der Waals surface area contributed by atoms with Crippen LogP contribution in [0.5, 0.6) is 5.75 Å². The highest BCUT2D eigenvalue weighted by atomic mass is 35.5. The van der Waals surface area contributed by atoms with Crippen LogP contribution in [0.15, 0.2) is 41.3 Å². The average molecular weight is 453 g/mol. The zero-order valence-electron chi connectivity index (χ0n) is 14.4. The van der Waals surface area contributed by atoms with E-state index in [0.29, 0.717) is 15.8 Å². The quantitative estimate of drug-likeness (QED) is 0.466. The molecule has 146 valence electrons. The molecule has 0 bridgehead atoms. The summed E-state index contributed by atoms with van der Waals surface area (Å²) in [5.74, 6) is -0.365. The van der Waals surface area contributed by atoms with Crippen molar-refractivity contribution in [2.75, 3.05) is 27.3 Å². The van der Waals surface area contributed by atoms with Crippen molar-refractivity contribution < 1.29 is 22.7 Å². The molecule has 0 fully saturated rings. The third-order valence-electron chi connectivity index (χ3n) is 3.40. The van der Waals surface area contributed by atoms with Crippen molar-refractivity contribution in [3.8, 4) is 5.75 Å². The number of carbonyl (C=O) groups excluding carboxylic acids is 1. The summed E-state index contributed by atoms with van der Waals surface area (Å²) >= 11 is 17.8. The van der Waals surface area contributed by atoms with E-state index in [4.69, 9.17) is 44.3 Å². The van der Waals surface area contributed by atoms with E-state index in [-0.39, 0.29) is 28.7 Å². The van der Waals surface area contributed by atoms with Gasteiger partial charge in [0.2, 0.25) is 10.0 Å². The monoisotopic (exact) mass is 451 g/mol. The number of ether oxygens (including phenoxy) is 2. The Morgan fingerprint density at radius 1 is 1.00 bits per heavy atom. The van der Waals surface area contributed by atoms with Crippen LogP contribution in [0.1, 0.15) is 10.4 Å². The van der Waals surface area contributed by atoms with Crippen molar-refractivity contribution in [1.82, 2.24) is 4.31 Å². The fourth-order valence-corrected chi connectivity index (χ4v) is 3.57. The molecule has 0 radical (unpaired) electrons. The minimum atomic E-state index is -3.70. The van der Waals surface area contributed by atoms with Gasteiger partial charge in [0.05, 0.1) is 20.5 Å². The van der Waals surface area contributed by atoms with Gasteiger partial charge in [0.15, 0.2) is 0 Å². The number of hydrogen-bond acceptors (Lipinski definition) is 5. The fourth-order valence-electron chi connectivity index (χ4n) is 1.99. The Labute approximate surface area is 172 Å². The smallest absolute Gasteiger partial charge is 0.339 e. The molecule has 0 unspecified atom stereocenters. The first-order valence-electron chi connectivity index (χ1n) is 7.60. The Kier molecular flexibility index (Phi) is 7.36. The summed E-state index contributed by atoms with van der Waals surface area (Å²) in [6.07, 6.45) is 0. The van der Waals surface area contributed by atoms with Gasteiger partial charge in [0, 0.05) is 19.1 Å². The molecule has 0 aliphatic heterocycles. The highest BCUT2D eigenvalue weighted by molar-refractivity contribution is 7.89. The summed E-state index contributed by atoms with van der Waals surface area (Å²) in [5, 5.41) is 0.888. The molecule has 0 saturated carbocycles. The molecule has 0 atom stereocenters. The third kappa shape index (κ3) is 5.49. The van der Waals surface area contributed by atoms with E-state index in [1.54, 1.807) is 12.1 Å². The molecular weight excluding hydrogens is 437 g/mol. The minimum Gasteiger partial charge on any atom is -0.488 e. The maximum atomic E-state index is 12.2. The van der Waals surface area contributed by atoms with Gasteiger partial charge in [-0.15, -0.1) is 0 Å². The molecule has 0 N–H and O–H groups in total. The molecule has 0 saturated heterocycles. The predicted octanol–water partition coefficient (Wildman–Crippen LogP) is 4.13. The number of hydrogen-bond donors (Lipinski definition) is 0. The first kappa shape index (κ1) is 21.8. The lowest BCUT2D eigenvalue weighted by molar-refractivity contribution is 0.0450. The largest absolute Gasteiger partial charge is 0.488 e. The van der Waals surface area contributed by atoms with Gasteiger partial charge in [0.25, 0.3) is 0 Å². The lowest BCUT2D eigenvalue weighted by Crippen LogP contribution is -2.22. The maximum absolute atomic E-state index is 12.2. The van der Waals surface area contributed by atoms with E-state index in [1.165, 1.54) is 38.4 Å². The molecule has 0 aliphatic carbocycles. The first-order chi connectivity index (χ1) is 12.6. The van der Waals surface area contributed by atoms with Gasteiger partial charge in [0.1, 0.15) is 19.0 Å². The fraction of sp³-hybridized carbons (Fsp3) is 0.235. The molecule has 10 heteroatoms. The van der Waals surface area contributed by atoms with Crippen LogP contribution in [0, 0.1) is 0 Å².